The summed E-state index contributed by atoms with van der Waals surface area (Å²) in [7, 11) is 1.74. The SMILES string of the molecule is COCc1cccc2cc3ccccc3cc12. The minimum Gasteiger partial charge on any atom is -0.380 e. The standard InChI is InChI=1S/C16H14O/c1-17-11-15-8-4-7-14-9-12-5-2-3-6-13(12)10-16(14)15/h2-10H,11H2,1H3. The molecular formula is C16H14O. The van der Waals surface area contributed by atoms with Gasteiger partial charge in [-0.25, -0.2) is 0 Å². The third-order valence-electron chi connectivity index (χ3n) is 3.14. The summed E-state index contributed by atoms with van der Waals surface area (Å²) in [5.74, 6) is 0. The highest BCUT2D eigenvalue weighted by atomic mass is 16.5. The van der Waals surface area contributed by atoms with Crippen molar-refractivity contribution in [3.63, 3.8) is 0 Å². The number of benzene rings is 3. The van der Waals surface area contributed by atoms with E-state index in [0.717, 1.165) is 0 Å². The Morgan fingerprint density at radius 2 is 1.53 bits per heavy atom. The minimum atomic E-state index is 0.662. The van der Waals surface area contributed by atoms with Gasteiger partial charge in [0.15, 0.2) is 0 Å². The first-order chi connectivity index (χ1) is 8.38. The van der Waals surface area contributed by atoms with Crippen molar-refractivity contribution in [1.82, 2.24) is 0 Å². The second-order valence-corrected chi connectivity index (χ2v) is 4.27. The molecule has 0 spiro atoms. The van der Waals surface area contributed by atoms with Crippen molar-refractivity contribution < 1.29 is 4.74 Å². The number of methoxy groups -OCH3 is 1. The van der Waals surface area contributed by atoms with Crippen molar-refractivity contribution >= 4 is 21.5 Å². The van der Waals surface area contributed by atoms with Gasteiger partial charge in [-0.1, -0.05) is 42.5 Å². The predicted octanol–water partition coefficient (Wildman–Crippen LogP) is 4.14. The van der Waals surface area contributed by atoms with E-state index in [1.807, 2.05) is 0 Å². The van der Waals surface area contributed by atoms with Crippen molar-refractivity contribution in [1.29, 1.82) is 0 Å². The second-order valence-electron chi connectivity index (χ2n) is 4.27. The highest BCUT2D eigenvalue weighted by Crippen LogP contribution is 2.25. The molecule has 0 N–H and O–H groups in total. The molecule has 0 unspecified atom stereocenters. The Bertz CT molecular complexity index is 670. The maximum atomic E-state index is 5.25. The lowest BCUT2D eigenvalue weighted by Crippen LogP contribution is -1.89. The smallest absolute Gasteiger partial charge is 0.0719 e. The summed E-state index contributed by atoms with van der Waals surface area (Å²) in [5.41, 5.74) is 1.25. The summed E-state index contributed by atoms with van der Waals surface area (Å²) in [4.78, 5) is 0. The highest BCUT2D eigenvalue weighted by molar-refractivity contribution is 5.99. The molecule has 0 aliphatic carbocycles. The van der Waals surface area contributed by atoms with Crippen molar-refractivity contribution in [2.45, 2.75) is 6.61 Å². The van der Waals surface area contributed by atoms with Gasteiger partial charge >= 0.3 is 0 Å². The van der Waals surface area contributed by atoms with Gasteiger partial charge in [-0.15, -0.1) is 0 Å². The van der Waals surface area contributed by atoms with Gasteiger partial charge in [-0.3, -0.25) is 0 Å². The van der Waals surface area contributed by atoms with Crippen molar-refractivity contribution in [3.8, 4) is 0 Å². The normalized spacial score (nSPS) is 11.1. The van der Waals surface area contributed by atoms with Gasteiger partial charge in [0.2, 0.25) is 0 Å². The molecule has 0 aromatic heterocycles. The Kier molecular flexibility index (Phi) is 2.54. The Morgan fingerprint density at radius 3 is 2.29 bits per heavy atom. The van der Waals surface area contributed by atoms with E-state index in [1.54, 1.807) is 7.11 Å². The predicted molar refractivity (Wildman–Crippen MR) is 72.2 cm³/mol. The maximum absolute atomic E-state index is 5.25. The van der Waals surface area contributed by atoms with E-state index in [-0.39, 0.29) is 0 Å². The molecule has 1 nitrogen and oxygen atoms in total. The van der Waals surface area contributed by atoms with Crippen molar-refractivity contribution in [2.24, 2.45) is 0 Å². The van der Waals surface area contributed by atoms with Crippen LogP contribution in [0.5, 0.6) is 0 Å². The molecule has 84 valence electrons. The van der Waals surface area contributed by atoms with Gasteiger partial charge in [0.1, 0.15) is 0 Å². The number of fused-ring (bicyclic) bond motifs is 2. The van der Waals surface area contributed by atoms with E-state index >= 15 is 0 Å². The molecule has 0 radical (unpaired) electrons. The molecule has 17 heavy (non-hydrogen) atoms. The van der Waals surface area contributed by atoms with Gasteiger partial charge in [0.25, 0.3) is 0 Å². The molecule has 1 heteroatoms. The van der Waals surface area contributed by atoms with Gasteiger partial charge < -0.3 is 4.74 Å². The quantitative estimate of drug-likeness (QED) is 0.592. The average molecular weight is 222 g/mol. The Labute approximate surface area is 101 Å². The largest absolute Gasteiger partial charge is 0.380 e. The topological polar surface area (TPSA) is 9.23 Å². The number of rotatable bonds is 2. The monoisotopic (exact) mass is 222 g/mol. The maximum Gasteiger partial charge on any atom is 0.0719 e. The van der Waals surface area contributed by atoms with Crippen LogP contribution in [0.1, 0.15) is 5.56 Å². The van der Waals surface area contributed by atoms with E-state index in [9.17, 15) is 0 Å². The molecule has 3 aromatic carbocycles. The lowest BCUT2D eigenvalue weighted by molar-refractivity contribution is 0.186. The number of hydrogen-bond donors (Lipinski definition) is 0. The van der Waals surface area contributed by atoms with Gasteiger partial charge in [0, 0.05) is 7.11 Å². The fourth-order valence-electron chi connectivity index (χ4n) is 2.31. The highest BCUT2D eigenvalue weighted by Gasteiger charge is 2.02. The number of ether oxygens (including phenoxy) is 1. The van der Waals surface area contributed by atoms with Crippen LogP contribution in [-0.4, -0.2) is 7.11 Å². The van der Waals surface area contributed by atoms with Crippen LogP contribution in [0.15, 0.2) is 54.6 Å². The number of hydrogen-bond acceptors (Lipinski definition) is 1. The van der Waals surface area contributed by atoms with E-state index in [4.69, 9.17) is 4.74 Å². The molecule has 0 saturated heterocycles. The third-order valence-corrected chi connectivity index (χ3v) is 3.14. The van der Waals surface area contributed by atoms with Crippen molar-refractivity contribution in [3.05, 3.63) is 60.2 Å². The average Bonchev–Trinajstić information content (AvgIpc) is 2.37. The van der Waals surface area contributed by atoms with E-state index < -0.39 is 0 Å². The van der Waals surface area contributed by atoms with Crippen LogP contribution < -0.4 is 0 Å². The molecule has 0 bridgehead atoms. The van der Waals surface area contributed by atoms with Crippen LogP contribution in [-0.2, 0) is 11.3 Å². The van der Waals surface area contributed by atoms with Crippen LogP contribution in [0.2, 0.25) is 0 Å². The van der Waals surface area contributed by atoms with Gasteiger partial charge in [-0.2, -0.15) is 0 Å². The Hall–Kier alpha value is -1.86. The van der Waals surface area contributed by atoms with E-state index in [0.29, 0.717) is 6.61 Å². The molecule has 3 rings (SSSR count). The van der Waals surface area contributed by atoms with Crippen LogP contribution in [0.4, 0.5) is 0 Å². The molecule has 3 aromatic rings. The molecule has 0 heterocycles. The summed E-state index contributed by atoms with van der Waals surface area (Å²) in [5, 5.41) is 5.13. The third kappa shape index (κ3) is 1.79. The molecular weight excluding hydrogens is 208 g/mol. The van der Waals surface area contributed by atoms with Crippen LogP contribution in [0.3, 0.4) is 0 Å². The van der Waals surface area contributed by atoms with Crippen LogP contribution in [0.25, 0.3) is 21.5 Å². The summed E-state index contributed by atoms with van der Waals surface area (Å²) >= 11 is 0. The molecule has 0 atom stereocenters. The zero-order chi connectivity index (χ0) is 11.7. The summed E-state index contributed by atoms with van der Waals surface area (Å²) < 4.78 is 5.25. The fourth-order valence-corrected chi connectivity index (χ4v) is 2.31. The van der Waals surface area contributed by atoms with E-state index in [1.165, 1.54) is 27.1 Å². The zero-order valence-electron chi connectivity index (χ0n) is 9.81. The molecule has 0 amide bonds. The summed E-state index contributed by atoms with van der Waals surface area (Å²) in [6.45, 7) is 0.662. The zero-order valence-corrected chi connectivity index (χ0v) is 9.81. The lowest BCUT2D eigenvalue weighted by Gasteiger charge is -2.07. The molecule has 0 saturated carbocycles. The second kappa shape index (κ2) is 4.19. The van der Waals surface area contributed by atoms with Crippen LogP contribution in [0, 0.1) is 0 Å². The first kappa shape index (κ1) is 10.3. The first-order valence-electron chi connectivity index (χ1n) is 5.78. The minimum absolute atomic E-state index is 0.662. The Morgan fingerprint density at radius 1 is 0.824 bits per heavy atom. The fraction of sp³-hybridized carbons (Fsp3) is 0.125. The van der Waals surface area contributed by atoms with Gasteiger partial charge in [0.05, 0.1) is 6.61 Å². The summed E-state index contributed by atoms with van der Waals surface area (Å²) in [6.07, 6.45) is 0. The summed E-state index contributed by atoms with van der Waals surface area (Å²) in [6, 6.07) is 19.3. The van der Waals surface area contributed by atoms with Crippen LogP contribution >= 0.6 is 0 Å². The lowest BCUT2D eigenvalue weighted by atomic mass is 10.0. The molecule has 0 aliphatic rings. The first-order valence-corrected chi connectivity index (χ1v) is 5.78. The van der Waals surface area contributed by atoms with E-state index in [2.05, 4.69) is 54.6 Å². The Balaban J connectivity index is 2.35. The molecule has 0 fully saturated rings. The molecule has 0 aliphatic heterocycles. The van der Waals surface area contributed by atoms with Crippen molar-refractivity contribution in [2.75, 3.05) is 7.11 Å². The van der Waals surface area contributed by atoms with Gasteiger partial charge in [-0.05, 0) is 39.2 Å².